The van der Waals surface area contributed by atoms with Crippen LogP contribution in [-0.4, -0.2) is 87.7 Å². The summed E-state index contributed by atoms with van der Waals surface area (Å²) in [4.78, 5) is 53.0. The third kappa shape index (κ3) is 11.1. The number of phenolic OH excluding ortho intramolecular Hbond substituents is 2. The van der Waals surface area contributed by atoms with E-state index in [1.165, 1.54) is 90.0 Å². The number of benzene rings is 2. The average molecular weight is 837 g/mol. The summed E-state index contributed by atoms with van der Waals surface area (Å²) in [6, 6.07) is 3.62. The highest BCUT2D eigenvalue weighted by atomic mass is 16.7. The maximum Gasteiger partial charge on any atom is 0.421 e. The van der Waals surface area contributed by atoms with Crippen LogP contribution >= 0.6 is 0 Å². The Balaban J connectivity index is 1.13. The number of hydrogen-bond donors (Lipinski definition) is 6. The minimum atomic E-state index is -2.08. The monoisotopic (exact) mass is 836 g/mol. The van der Waals surface area contributed by atoms with E-state index in [2.05, 4.69) is 29.9 Å². The van der Waals surface area contributed by atoms with Crippen molar-refractivity contribution in [3.05, 3.63) is 63.7 Å². The number of methoxy groups -OCH3 is 1. The molecule has 5 rings (SSSR count). The van der Waals surface area contributed by atoms with Crippen LogP contribution in [0.25, 0.3) is 0 Å². The first-order valence-corrected chi connectivity index (χ1v) is 21.8. The number of hydrazine groups is 1. The molecule has 0 spiro atoms. The predicted octanol–water partition coefficient (Wildman–Crippen LogP) is 7.34. The van der Waals surface area contributed by atoms with Crippen LogP contribution in [-0.2, 0) is 25.4 Å². The molecule has 2 aromatic carbocycles. The summed E-state index contributed by atoms with van der Waals surface area (Å²) in [7, 11) is 1.34. The fourth-order valence-corrected chi connectivity index (χ4v) is 8.47. The van der Waals surface area contributed by atoms with E-state index < -0.39 is 88.7 Å². The van der Waals surface area contributed by atoms with Crippen molar-refractivity contribution < 1.29 is 58.6 Å². The number of aliphatic hydroxyl groups is 2. The summed E-state index contributed by atoms with van der Waals surface area (Å²) in [5, 5.41) is 45.8. The zero-order valence-electron chi connectivity index (χ0n) is 35.6. The van der Waals surface area contributed by atoms with Crippen molar-refractivity contribution in [2.75, 3.05) is 13.7 Å². The van der Waals surface area contributed by atoms with Gasteiger partial charge in [0, 0.05) is 36.0 Å². The largest absolute Gasteiger partial charge is 0.507 e. The Labute approximate surface area is 353 Å². The molecule has 3 aliphatic rings. The van der Waals surface area contributed by atoms with Crippen LogP contribution in [0.4, 0.5) is 4.79 Å². The second-order valence-electron chi connectivity index (χ2n) is 16.4. The smallest absolute Gasteiger partial charge is 0.421 e. The number of ether oxygens (including phenoxy) is 4. The highest BCUT2D eigenvalue weighted by molar-refractivity contribution is 6.31. The second kappa shape index (κ2) is 22.0. The fraction of sp³-hybridized carbons (Fsp3) is 0.609. The number of unbranched alkanes of at least 4 members (excludes halogenated alkanes) is 12. The SMILES string of the molecule is CCCCCCCC/C=C\CCCCCCCCOC(=O)NNC1CC(O[C@H]2C[C@](O)(C(C)=O)Cc3c(O)c4c(c(O)c32)C(=O)c2c(OC)cccc2C4=O)OC(C)C1O. The first kappa shape index (κ1) is 46.7. The molecule has 14 heteroatoms. The lowest BCUT2D eigenvalue weighted by Crippen LogP contribution is -2.58. The van der Waals surface area contributed by atoms with Crippen LogP contribution in [0.2, 0.25) is 0 Å². The predicted molar refractivity (Wildman–Crippen MR) is 223 cm³/mol. The molecular formula is C46H64N2O12. The molecular weight excluding hydrogens is 773 g/mol. The van der Waals surface area contributed by atoms with Gasteiger partial charge in [-0.3, -0.25) is 19.8 Å². The van der Waals surface area contributed by atoms with Crippen molar-refractivity contribution in [2.45, 2.75) is 166 Å². The average Bonchev–Trinajstić information content (AvgIpc) is 3.22. The molecule has 1 fully saturated rings. The lowest BCUT2D eigenvalue weighted by Gasteiger charge is -2.42. The molecule has 330 valence electrons. The van der Waals surface area contributed by atoms with Gasteiger partial charge in [0.05, 0.1) is 54.8 Å². The van der Waals surface area contributed by atoms with Gasteiger partial charge >= 0.3 is 6.09 Å². The van der Waals surface area contributed by atoms with E-state index in [1.807, 2.05) is 0 Å². The third-order valence-electron chi connectivity index (χ3n) is 12.0. The van der Waals surface area contributed by atoms with Crippen molar-refractivity contribution in [2.24, 2.45) is 0 Å². The second-order valence-corrected chi connectivity index (χ2v) is 16.4. The van der Waals surface area contributed by atoms with Gasteiger partial charge in [-0.15, -0.1) is 0 Å². The van der Waals surface area contributed by atoms with Gasteiger partial charge in [0.1, 0.15) is 22.8 Å². The summed E-state index contributed by atoms with van der Waals surface area (Å²) in [5.41, 5.74) is 1.95. The van der Waals surface area contributed by atoms with Gasteiger partial charge in [-0.25, -0.2) is 10.2 Å². The highest BCUT2D eigenvalue weighted by Crippen LogP contribution is 2.52. The Kier molecular flexibility index (Phi) is 17.1. The van der Waals surface area contributed by atoms with Crippen LogP contribution in [0.15, 0.2) is 30.4 Å². The molecule has 14 nitrogen and oxygen atoms in total. The van der Waals surface area contributed by atoms with Crippen LogP contribution in [0.5, 0.6) is 17.2 Å². The molecule has 60 heavy (non-hydrogen) atoms. The van der Waals surface area contributed by atoms with Crippen molar-refractivity contribution in [1.29, 1.82) is 0 Å². The molecule has 4 unspecified atom stereocenters. The van der Waals surface area contributed by atoms with Gasteiger partial charge in [0.25, 0.3) is 0 Å². The number of rotatable bonds is 22. The number of amides is 1. The number of hydrogen-bond acceptors (Lipinski definition) is 13. The highest BCUT2D eigenvalue weighted by Gasteiger charge is 2.49. The van der Waals surface area contributed by atoms with Crippen molar-refractivity contribution in [3.8, 4) is 17.2 Å². The number of allylic oxidation sites excluding steroid dienone is 2. The number of aliphatic hydroxyl groups excluding tert-OH is 1. The number of carbonyl (C=O) groups is 4. The number of carbonyl (C=O) groups excluding carboxylic acids is 4. The van der Waals surface area contributed by atoms with Crippen molar-refractivity contribution in [3.63, 3.8) is 0 Å². The van der Waals surface area contributed by atoms with Crippen LogP contribution in [0.1, 0.15) is 173 Å². The fourth-order valence-electron chi connectivity index (χ4n) is 8.47. The van der Waals surface area contributed by atoms with Gasteiger partial charge in [0.15, 0.2) is 17.9 Å². The molecule has 6 atom stereocenters. The Hall–Kier alpha value is -4.34. The minimum Gasteiger partial charge on any atom is -0.507 e. The lowest BCUT2D eigenvalue weighted by atomic mass is 9.72. The Morgan fingerprint density at radius 1 is 0.900 bits per heavy atom. The molecule has 0 saturated carbocycles. The van der Waals surface area contributed by atoms with Gasteiger partial charge in [-0.1, -0.05) is 89.0 Å². The number of nitrogens with one attached hydrogen (secondary N) is 2. The number of ketones is 3. The van der Waals surface area contributed by atoms with E-state index in [4.69, 9.17) is 18.9 Å². The van der Waals surface area contributed by atoms with E-state index in [0.717, 1.165) is 32.1 Å². The van der Waals surface area contributed by atoms with Crippen LogP contribution < -0.4 is 15.6 Å². The Morgan fingerprint density at radius 3 is 2.18 bits per heavy atom. The number of phenols is 2. The molecule has 6 N–H and O–H groups in total. The zero-order chi connectivity index (χ0) is 43.4. The van der Waals surface area contributed by atoms with Gasteiger partial charge < -0.3 is 39.4 Å². The van der Waals surface area contributed by atoms with E-state index in [-0.39, 0.29) is 47.5 Å². The minimum absolute atomic E-state index is 0.0375. The Bertz CT molecular complexity index is 1860. The maximum atomic E-state index is 13.9. The molecule has 0 radical (unpaired) electrons. The van der Waals surface area contributed by atoms with E-state index in [0.29, 0.717) is 0 Å². The molecule has 2 aromatic rings. The molecule has 1 heterocycles. The first-order valence-electron chi connectivity index (χ1n) is 21.8. The van der Waals surface area contributed by atoms with Crippen molar-refractivity contribution in [1.82, 2.24) is 10.9 Å². The molecule has 1 amide bonds. The van der Waals surface area contributed by atoms with Crippen LogP contribution in [0, 0.1) is 0 Å². The maximum absolute atomic E-state index is 13.9. The molecule has 0 aromatic heterocycles. The molecule has 1 aliphatic heterocycles. The quantitative estimate of drug-likeness (QED) is 0.0254. The molecule has 2 aliphatic carbocycles. The number of Topliss-reactive ketones (excluding diaryl/α,β-unsaturated/α-hetero) is 1. The normalized spacial score (nSPS) is 23.5. The number of fused-ring (bicyclic) bond motifs is 3. The van der Waals surface area contributed by atoms with E-state index in [1.54, 1.807) is 6.92 Å². The number of aromatic hydroxyl groups is 2. The summed E-state index contributed by atoms with van der Waals surface area (Å²) < 4.78 is 22.9. The summed E-state index contributed by atoms with van der Waals surface area (Å²) in [6.45, 7) is 5.24. The standard InChI is InChI=1S/C46H64N2O12/c1-5-6-7-8-9-10-11-12-13-14-15-16-17-18-19-20-24-58-45(55)48-47-32-25-35(59-28(2)40(32)50)60-34-27-46(56,29(3)49)26-31-37(34)44(54)39-38(42(31)52)41(51)30-22-21-23-33(57-4)36(30)43(39)53/h12-13,21-23,28,32,34-35,40,47,50,52,54,56H,5-11,14-20,24-27H2,1-4H3,(H,48,55)/b13-12-/t28?,32?,34-,35?,40?,46-/m0/s1. The van der Waals surface area contributed by atoms with E-state index in [9.17, 15) is 39.6 Å². The summed E-state index contributed by atoms with van der Waals surface area (Å²) in [5.74, 6) is -3.36. The Morgan fingerprint density at radius 2 is 1.53 bits per heavy atom. The first-order chi connectivity index (χ1) is 28.8. The van der Waals surface area contributed by atoms with Crippen molar-refractivity contribution >= 4 is 23.4 Å². The van der Waals surface area contributed by atoms with Gasteiger partial charge in [0.2, 0.25) is 5.78 Å². The van der Waals surface area contributed by atoms with Gasteiger partial charge in [-0.05, 0) is 52.0 Å². The summed E-state index contributed by atoms with van der Waals surface area (Å²) >= 11 is 0. The topological polar surface area (TPSA) is 210 Å². The molecule has 1 saturated heterocycles. The lowest BCUT2D eigenvalue weighted by molar-refractivity contribution is -0.250. The van der Waals surface area contributed by atoms with E-state index >= 15 is 0 Å². The summed E-state index contributed by atoms with van der Waals surface area (Å²) in [6.07, 6.45) is 15.0. The van der Waals surface area contributed by atoms with Crippen LogP contribution in [0.3, 0.4) is 0 Å². The van der Waals surface area contributed by atoms with Gasteiger partial charge in [-0.2, -0.15) is 0 Å². The third-order valence-corrected chi connectivity index (χ3v) is 12.0. The molecule has 0 bridgehead atoms. The zero-order valence-corrected chi connectivity index (χ0v) is 35.6.